The van der Waals surface area contributed by atoms with E-state index in [0.29, 0.717) is 19.6 Å². The quantitative estimate of drug-likeness (QED) is 0.887. The third-order valence-electron chi connectivity index (χ3n) is 4.08. The molecule has 24 heavy (non-hydrogen) atoms. The smallest absolute Gasteiger partial charge is 0.224 e. The van der Waals surface area contributed by atoms with Gasteiger partial charge in [0, 0.05) is 25.7 Å². The average molecular weight is 325 g/mol. The summed E-state index contributed by atoms with van der Waals surface area (Å²) in [5, 5.41) is 3.01. The SMILES string of the molecule is O=C(CCCc1ccccc1)Nc1cccnc1N1CCOCC1. The maximum absolute atomic E-state index is 12.3. The third kappa shape index (κ3) is 4.55. The Balaban J connectivity index is 1.54. The Labute approximate surface area is 142 Å². The summed E-state index contributed by atoms with van der Waals surface area (Å²) in [7, 11) is 0. The van der Waals surface area contributed by atoms with Gasteiger partial charge in [0.15, 0.2) is 5.82 Å². The van der Waals surface area contributed by atoms with Gasteiger partial charge in [-0.25, -0.2) is 4.98 Å². The van der Waals surface area contributed by atoms with Crippen LogP contribution in [0.2, 0.25) is 0 Å². The first-order valence-corrected chi connectivity index (χ1v) is 8.44. The van der Waals surface area contributed by atoms with Gasteiger partial charge < -0.3 is 15.0 Å². The number of morpholine rings is 1. The maximum atomic E-state index is 12.3. The number of anilines is 2. The molecule has 1 aliphatic heterocycles. The van der Waals surface area contributed by atoms with Crippen LogP contribution in [0, 0.1) is 0 Å². The second-order valence-corrected chi connectivity index (χ2v) is 5.86. The lowest BCUT2D eigenvalue weighted by Crippen LogP contribution is -2.37. The fourth-order valence-corrected chi connectivity index (χ4v) is 2.83. The second kappa shape index (κ2) is 8.45. The number of rotatable bonds is 6. The Bertz CT molecular complexity index is 655. The van der Waals surface area contributed by atoms with E-state index in [1.807, 2.05) is 30.3 Å². The molecule has 5 heteroatoms. The number of carbonyl (C=O) groups is 1. The van der Waals surface area contributed by atoms with Gasteiger partial charge in [-0.05, 0) is 30.5 Å². The highest BCUT2D eigenvalue weighted by Crippen LogP contribution is 2.23. The van der Waals surface area contributed by atoms with Crippen molar-refractivity contribution >= 4 is 17.4 Å². The molecule has 0 bridgehead atoms. The molecule has 2 heterocycles. The van der Waals surface area contributed by atoms with Gasteiger partial charge in [0.2, 0.25) is 5.91 Å². The zero-order valence-corrected chi connectivity index (χ0v) is 13.8. The van der Waals surface area contributed by atoms with E-state index in [1.165, 1.54) is 5.56 Å². The highest BCUT2D eigenvalue weighted by atomic mass is 16.5. The van der Waals surface area contributed by atoms with E-state index >= 15 is 0 Å². The van der Waals surface area contributed by atoms with Crippen LogP contribution in [0.25, 0.3) is 0 Å². The van der Waals surface area contributed by atoms with Gasteiger partial charge in [-0.3, -0.25) is 4.79 Å². The number of benzene rings is 1. The Hall–Kier alpha value is -2.40. The summed E-state index contributed by atoms with van der Waals surface area (Å²) in [4.78, 5) is 18.9. The van der Waals surface area contributed by atoms with Crippen LogP contribution in [0.3, 0.4) is 0 Å². The topological polar surface area (TPSA) is 54.5 Å². The van der Waals surface area contributed by atoms with Gasteiger partial charge in [-0.15, -0.1) is 0 Å². The summed E-state index contributed by atoms with van der Waals surface area (Å²) >= 11 is 0. The number of pyridine rings is 1. The van der Waals surface area contributed by atoms with E-state index in [4.69, 9.17) is 4.74 Å². The molecule has 1 aromatic carbocycles. The Kier molecular flexibility index (Phi) is 5.80. The van der Waals surface area contributed by atoms with Crippen molar-refractivity contribution in [3.05, 3.63) is 54.2 Å². The summed E-state index contributed by atoms with van der Waals surface area (Å²) in [6.07, 6.45) is 4.02. The Morgan fingerprint density at radius 2 is 1.92 bits per heavy atom. The fraction of sp³-hybridized carbons (Fsp3) is 0.368. The van der Waals surface area contributed by atoms with Crippen molar-refractivity contribution in [1.82, 2.24) is 4.98 Å². The van der Waals surface area contributed by atoms with Crippen molar-refractivity contribution < 1.29 is 9.53 Å². The molecule has 0 aliphatic carbocycles. The molecule has 1 saturated heterocycles. The predicted octanol–water partition coefficient (Wildman–Crippen LogP) is 2.88. The molecule has 1 aromatic heterocycles. The molecule has 1 N–H and O–H groups in total. The number of aryl methyl sites for hydroxylation is 1. The lowest BCUT2D eigenvalue weighted by atomic mass is 10.1. The fourth-order valence-electron chi connectivity index (χ4n) is 2.83. The minimum absolute atomic E-state index is 0.0356. The molecule has 1 fully saturated rings. The Morgan fingerprint density at radius 3 is 2.71 bits per heavy atom. The number of ether oxygens (including phenoxy) is 1. The van der Waals surface area contributed by atoms with Crippen molar-refractivity contribution in [2.75, 3.05) is 36.5 Å². The van der Waals surface area contributed by atoms with Crippen LogP contribution < -0.4 is 10.2 Å². The minimum Gasteiger partial charge on any atom is -0.378 e. The number of nitrogens with one attached hydrogen (secondary N) is 1. The number of hydrogen-bond donors (Lipinski definition) is 1. The van der Waals surface area contributed by atoms with E-state index < -0.39 is 0 Å². The van der Waals surface area contributed by atoms with Crippen molar-refractivity contribution in [3.63, 3.8) is 0 Å². The lowest BCUT2D eigenvalue weighted by molar-refractivity contribution is -0.116. The number of aromatic nitrogens is 1. The van der Waals surface area contributed by atoms with Gasteiger partial charge in [0.25, 0.3) is 0 Å². The van der Waals surface area contributed by atoms with Crippen molar-refractivity contribution in [3.8, 4) is 0 Å². The minimum atomic E-state index is 0.0356. The highest BCUT2D eigenvalue weighted by Gasteiger charge is 2.16. The third-order valence-corrected chi connectivity index (χ3v) is 4.08. The number of hydrogen-bond acceptors (Lipinski definition) is 4. The standard InChI is InChI=1S/C19H23N3O2/c23-18(10-4-8-16-6-2-1-3-7-16)21-17-9-5-11-20-19(17)22-12-14-24-15-13-22/h1-3,5-7,9,11H,4,8,10,12-15H2,(H,21,23). The zero-order valence-electron chi connectivity index (χ0n) is 13.8. The van der Waals surface area contributed by atoms with Crippen molar-refractivity contribution in [1.29, 1.82) is 0 Å². The number of carbonyl (C=O) groups excluding carboxylic acids is 1. The monoisotopic (exact) mass is 325 g/mol. The molecule has 0 atom stereocenters. The molecular formula is C19H23N3O2. The van der Waals surface area contributed by atoms with Gasteiger partial charge in [0.05, 0.1) is 18.9 Å². The maximum Gasteiger partial charge on any atom is 0.224 e. The van der Waals surface area contributed by atoms with E-state index in [0.717, 1.165) is 37.4 Å². The molecule has 0 spiro atoms. The zero-order chi connectivity index (χ0) is 16.6. The summed E-state index contributed by atoms with van der Waals surface area (Å²) in [6, 6.07) is 14.0. The molecule has 5 nitrogen and oxygen atoms in total. The molecular weight excluding hydrogens is 302 g/mol. The predicted molar refractivity (Wildman–Crippen MR) is 95.3 cm³/mol. The second-order valence-electron chi connectivity index (χ2n) is 5.86. The lowest BCUT2D eigenvalue weighted by Gasteiger charge is -2.29. The summed E-state index contributed by atoms with van der Waals surface area (Å²) in [5.41, 5.74) is 2.05. The van der Waals surface area contributed by atoms with Crippen LogP contribution in [0.15, 0.2) is 48.7 Å². The molecule has 0 radical (unpaired) electrons. The molecule has 3 rings (SSSR count). The number of amides is 1. The first kappa shape index (κ1) is 16.5. The van der Waals surface area contributed by atoms with Gasteiger partial charge in [0.1, 0.15) is 0 Å². The van der Waals surface area contributed by atoms with Crippen LogP contribution >= 0.6 is 0 Å². The van der Waals surface area contributed by atoms with Gasteiger partial charge in [-0.2, -0.15) is 0 Å². The van der Waals surface area contributed by atoms with Crippen LogP contribution in [-0.4, -0.2) is 37.2 Å². The van der Waals surface area contributed by atoms with Gasteiger partial charge in [-0.1, -0.05) is 30.3 Å². The van der Waals surface area contributed by atoms with Crippen molar-refractivity contribution in [2.24, 2.45) is 0 Å². The molecule has 0 unspecified atom stereocenters. The van der Waals surface area contributed by atoms with Crippen molar-refractivity contribution in [2.45, 2.75) is 19.3 Å². The molecule has 0 saturated carbocycles. The number of nitrogens with zero attached hydrogens (tertiary/aromatic N) is 2. The van der Waals surface area contributed by atoms with E-state index in [-0.39, 0.29) is 5.91 Å². The molecule has 1 amide bonds. The summed E-state index contributed by atoms with van der Waals surface area (Å²) in [6.45, 7) is 2.99. The normalized spacial score (nSPS) is 14.4. The molecule has 1 aliphatic rings. The average Bonchev–Trinajstić information content (AvgIpc) is 2.64. The first-order chi connectivity index (χ1) is 11.8. The summed E-state index contributed by atoms with van der Waals surface area (Å²) in [5.74, 6) is 0.866. The molecule has 2 aromatic rings. The van der Waals surface area contributed by atoms with Crippen LogP contribution in [0.1, 0.15) is 18.4 Å². The molecule has 126 valence electrons. The largest absolute Gasteiger partial charge is 0.378 e. The first-order valence-electron chi connectivity index (χ1n) is 8.44. The van der Waals surface area contributed by atoms with E-state index in [9.17, 15) is 4.79 Å². The summed E-state index contributed by atoms with van der Waals surface area (Å²) < 4.78 is 5.38. The van der Waals surface area contributed by atoms with E-state index in [1.54, 1.807) is 6.20 Å². The van der Waals surface area contributed by atoms with Crippen LogP contribution in [-0.2, 0) is 16.0 Å². The Morgan fingerprint density at radius 1 is 1.12 bits per heavy atom. The van der Waals surface area contributed by atoms with E-state index in [2.05, 4.69) is 27.3 Å². The van der Waals surface area contributed by atoms with Gasteiger partial charge >= 0.3 is 0 Å². The van der Waals surface area contributed by atoms with Crippen LogP contribution in [0.4, 0.5) is 11.5 Å². The van der Waals surface area contributed by atoms with Crippen LogP contribution in [0.5, 0.6) is 0 Å². The highest BCUT2D eigenvalue weighted by molar-refractivity contribution is 5.93.